The molecule has 39 heavy (non-hydrogen) atoms. The summed E-state index contributed by atoms with van der Waals surface area (Å²) in [6.45, 7) is 1.09. The minimum Gasteiger partial charge on any atom is -0.368 e. The zero-order valence-corrected chi connectivity index (χ0v) is 20.3. The van der Waals surface area contributed by atoms with Gasteiger partial charge in [0.25, 0.3) is 11.6 Å². The zero-order valence-electron chi connectivity index (χ0n) is 20.3. The molecule has 0 N–H and O–H groups in total. The molecule has 1 aromatic heterocycles. The van der Waals surface area contributed by atoms with E-state index >= 15 is 0 Å². The molecule has 0 atom stereocenters. The molecule has 1 amide bonds. The largest absolute Gasteiger partial charge is 0.416 e. The van der Waals surface area contributed by atoms with Gasteiger partial charge in [-0.2, -0.15) is 18.3 Å². The van der Waals surface area contributed by atoms with Crippen molar-refractivity contribution in [2.45, 2.75) is 6.18 Å². The monoisotopic (exact) mass is 539 g/mol. The third kappa shape index (κ3) is 5.44. The molecule has 1 saturated heterocycles. The van der Waals surface area contributed by atoms with Gasteiger partial charge in [0, 0.05) is 49.6 Å². The summed E-state index contributed by atoms with van der Waals surface area (Å²) in [5.74, 6) is -0.835. The van der Waals surface area contributed by atoms with Gasteiger partial charge in [-0.15, -0.1) is 0 Å². The van der Waals surface area contributed by atoms with Crippen molar-refractivity contribution in [1.29, 1.82) is 0 Å². The quantitative estimate of drug-likeness (QED) is 0.188. The van der Waals surface area contributed by atoms with Crippen LogP contribution in [-0.4, -0.2) is 51.7 Å². The van der Waals surface area contributed by atoms with E-state index in [9.17, 15) is 32.5 Å². The number of nitrogens with zero attached hydrogens (tertiary/aromatic N) is 5. The SMILES string of the molecule is O=C(c1cc(-c2ccc(F)cc2)nn1-c1cccc([N+](=O)[O-])c1)N1CCN(c2cccc(C(F)(F)F)c2)CC1. The Kier molecular flexibility index (Phi) is 6.77. The van der Waals surface area contributed by atoms with Gasteiger partial charge in [-0.05, 0) is 54.6 Å². The van der Waals surface area contributed by atoms with Crippen LogP contribution in [0.15, 0.2) is 78.9 Å². The Bertz CT molecular complexity index is 1530. The van der Waals surface area contributed by atoms with Gasteiger partial charge in [0.1, 0.15) is 11.5 Å². The molecule has 2 heterocycles. The molecule has 0 radical (unpaired) electrons. The lowest BCUT2D eigenvalue weighted by Crippen LogP contribution is -2.49. The first kappa shape index (κ1) is 25.9. The number of anilines is 1. The van der Waals surface area contributed by atoms with E-state index in [1.807, 2.05) is 0 Å². The molecule has 0 aliphatic carbocycles. The van der Waals surface area contributed by atoms with Crippen LogP contribution in [0.5, 0.6) is 0 Å². The summed E-state index contributed by atoms with van der Waals surface area (Å²) in [6, 6.07) is 17.8. The van der Waals surface area contributed by atoms with Crippen molar-refractivity contribution in [2.75, 3.05) is 31.1 Å². The number of nitro groups is 1. The average molecular weight is 539 g/mol. The normalized spacial score (nSPS) is 13.9. The molecule has 1 fully saturated rings. The lowest BCUT2D eigenvalue weighted by Gasteiger charge is -2.36. The fraction of sp³-hybridized carbons (Fsp3) is 0.185. The molecule has 5 rings (SSSR count). The second kappa shape index (κ2) is 10.2. The number of halogens is 4. The maximum atomic E-state index is 13.6. The highest BCUT2D eigenvalue weighted by atomic mass is 19.4. The summed E-state index contributed by atoms with van der Waals surface area (Å²) < 4.78 is 54.2. The van der Waals surface area contributed by atoms with Crippen molar-refractivity contribution in [2.24, 2.45) is 0 Å². The summed E-state index contributed by atoms with van der Waals surface area (Å²) in [7, 11) is 0. The standard InChI is InChI=1S/C27H21F4N5O3/c28-20-9-7-18(8-10-20)24-17-25(35(32-24)22-5-2-6-23(16-22)36(38)39)26(37)34-13-11-33(12-14-34)21-4-1-3-19(15-21)27(29,30)31/h1-10,15-17H,11-14H2. The van der Waals surface area contributed by atoms with Crippen LogP contribution in [0.25, 0.3) is 16.9 Å². The first-order chi connectivity index (χ1) is 18.6. The van der Waals surface area contributed by atoms with Crippen LogP contribution >= 0.6 is 0 Å². The molecule has 8 nitrogen and oxygen atoms in total. The van der Waals surface area contributed by atoms with Crippen LogP contribution in [0.1, 0.15) is 16.1 Å². The minimum absolute atomic E-state index is 0.141. The second-order valence-electron chi connectivity index (χ2n) is 8.94. The summed E-state index contributed by atoms with van der Waals surface area (Å²) in [6.07, 6.45) is -4.46. The minimum atomic E-state index is -4.46. The second-order valence-corrected chi connectivity index (χ2v) is 8.94. The zero-order chi connectivity index (χ0) is 27.7. The third-order valence-electron chi connectivity index (χ3n) is 6.46. The van der Waals surface area contributed by atoms with E-state index in [0.717, 1.165) is 12.1 Å². The number of alkyl halides is 3. The van der Waals surface area contributed by atoms with E-state index in [0.29, 0.717) is 35.7 Å². The maximum Gasteiger partial charge on any atom is 0.416 e. The first-order valence-electron chi connectivity index (χ1n) is 11.9. The number of aromatic nitrogens is 2. The number of non-ortho nitro benzene ring substituents is 1. The number of benzene rings is 3. The average Bonchev–Trinajstić information content (AvgIpc) is 3.38. The molecular formula is C27H21F4N5O3. The number of rotatable bonds is 5. The lowest BCUT2D eigenvalue weighted by atomic mass is 10.1. The van der Waals surface area contributed by atoms with Crippen molar-refractivity contribution in [1.82, 2.24) is 14.7 Å². The molecule has 1 aliphatic heterocycles. The third-order valence-corrected chi connectivity index (χ3v) is 6.46. The van der Waals surface area contributed by atoms with E-state index < -0.39 is 28.4 Å². The van der Waals surface area contributed by atoms with E-state index in [1.54, 1.807) is 21.9 Å². The van der Waals surface area contributed by atoms with Gasteiger partial charge in [-0.3, -0.25) is 14.9 Å². The van der Waals surface area contributed by atoms with Crippen LogP contribution in [0.3, 0.4) is 0 Å². The molecular weight excluding hydrogens is 518 g/mol. The van der Waals surface area contributed by atoms with E-state index in [-0.39, 0.29) is 24.5 Å². The number of carbonyl (C=O) groups is 1. The van der Waals surface area contributed by atoms with Crippen LogP contribution in [0, 0.1) is 15.9 Å². The van der Waals surface area contributed by atoms with Crippen molar-refractivity contribution in [3.8, 4) is 16.9 Å². The van der Waals surface area contributed by atoms with Gasteiger partial charge in [0.2, 0.25) is 0 Å². The molecule has 0 bridgehead atoms. The Labute approximate surface area is 219 Å². The van der Waals surface area contributed by atoms with Crippen molar-refractivity contribution in [3.63, 3.8) is 0 Å². The number of amides is 1. The van der Waals surface area contributed by atoms with Crippen molar-refractivity contribution in [3.05, 3.63) is 106 Å². The predicted molar refractivity (Wildman–Crippen MR) is 135 cm³/mol. The number of carbonyl (C=O) groups excluding carboxylic acids is 1. The Hall–Kier alpha value is -4.74. The number of piperazine rings is 1. The molecule has 0 unspecified atom stereocenters. The van der Waals surface area contributed by atoms with Gasteiger partial charge >= 0.3 is 6.18 Å². The van der Waals surface area contributed by atoms with Gasteiger partial charge in [0.05, 0.1) is 21.9 Å². The van der Waals surface area contributed by atoms with Gasteiger partial charge in [-0.1, -0.05) is 12.1 Å². The molecule has 4 aromatic rings. The molecule has 0 spiro atoms. The summed E-state index contributed by atoms with van der Waals surface area (Å²) >= 11 is 0. The summed E-state index contributed by atoms with van der Waals surface area (Å²) in [5, 5.41) is 15.8. The predicted octanol–water partition coefficient (Wildman–Crippen LogP) is 5.57. The highest BCUT2D eigenvalue weighted by Gasteiger charge is 2.32. The molecule has 12 heteroatoms. The summed E-state index contributed by atoms with van der Waals surface area (Å²) in [4.78, 5) is 27.8. The number of hydrogen-bond acceptors (Lipinski definition) is 5. The molecule has 1 aliphatic rings. The number of hydrogen-bond donors (Lipinski definition) is 0. The van der Waals surface area contributed by atoms with E-state index in [2.05, 4.69) is 5.10 Å². The van der Waals surface area contributed by atoms with E-state index in [1.165, 1.54) is 59.3 Å². The van der Waals surface area contributed by atoms with Crippen molar-refractivity contribution >= 4 is 17.3 Å². The van der Waals surface area contributed by atoms with Crippen LogP contribution in [-0.2, 0) is 6.18 Å². The first-order valence-corrected chi connectivity index (χ1v) is 11.9. The van der Waals surface area contributed by atoms with Crippen molar-refractivity contribution < 1.29 is 27.3 Å². The molecule has 0 saturated carbocycles. The Morgan fingerprint density at radius 3 is 2.21 bits per heavy atom. The van der Waals surface area contributed by atoms with Gasteiger partial charge in [0.15, 0.2) is 0 Å². The highest BCUT2D eigenvalue weighted by molar-refractivity contribution is 5.94. The smallest absolute Gasteiger partial charge is 0.368 e. The summed E-state index contributed by atoms with van der Waals surface area (Å²) in [5.41, 5.74) is 0.839. The maximum absolute atomic E-state index is 13.6. The fourth-order valence-corrected chi connectivity index (χ4v) is 4.44. The highest BCUT2D eigenvalue weighted by Crippen LogP contribution is 2.32. The Balaban J connectivity index is 1.43. The van der Waals surface area contributed by atoms with Gasteiger partial charge in [-0.25, -0.2) is 9.07 Å². The Morgan fingerprint density at radius 1 is 0.872 bits per heavy atom. The van der Waals surface area contributed by atoms with Crippen LogP contribution in [0.4, 0.5) is 28.9 Å². The van der Waals surface area contributed by atoms with Gasteiger partial charge < -0.3 is 9.80 Å². The van der Waals surface area contributed by atoms with E-state index in [4.69, 9.17) is 0 Å². The van der Waals surface area contributed by atoms with Crippen LogP contribution < -0.4 is 4.90 Å². The fourth-order valence-electron chi connectivity index (χ4n) is 4.44. The van der Waals surface area contributed by atoms with Crippen LogP contribution in [0.2, 0.25) is 0 Å². The molecule has 200 valence electrons. The topological polar surface area (TPSA) is 84.5 Å². The number of nitro benzene ring substituents is 1. The Morgan fingerprint density at radius 2 is 1.54 bits per heavy atom. The lowest BCUT2D eigenvalue weighted by molar-refractivity contribution is -0.384. The molecule has 3 aromatic carbocycles.